The molecule has 0 unspecified atom stereocenters. The van der Waals surface area contributed by atoms with Crippen molar-refractivity contribution in [1.29, 1.82) is 0 Å². The summed E-state index contributed by atoms with van der Waals surface area (Å²) >= 11 is 1.48. The maximum Gasteiger partial charge on any atom is 0.236 e. The lowest BCUT2D eigenvalue weighted by Crippen LogP contribution is -2.30. The van der Waals surface area contributed by atoms with Gasteiger partial charge in [-0.1, -0.05) is 18.2 Å². The van der Waals surface area contributed by atoms with Crippen molar-refractivity contribution in [3.8, 4) is 22.1 Å². The van der Waals surface area contributed by atoms with Crippen LogP contribution >= 0.6 is 11.3 Å². The Bertz CT molecular complexity index is 1700. The molecule has 5 rings (SSSR count). The van der Waals surface area contributed by atoms with Crippen LogP contribution in [0.2, 0.25) is 0 Å². The van der Waals surface area contributed by atoms with Gasteiger partial charge in [0, 0.05) is 49.5 Å². The predicted molar refractivity (Wildman–Crippen MR) is 164 cm³/mol. The first-order valence-electron chi connectivity index (χ1n) is 13.4. The van der Waals surface area contributed by atoms with Crippen LogP contribution in [-0.2, 0) is 16.1 Å². The van der Waals surface area contributed by atoms with Crippen LogP contribution in [0.15, 0.2) is 79.4 Å². The molecule has 216 valence electrons. The number of ether oxygens (including phenoxy) is 1. The van der Waals surface area contributed by atoms with E-state index >= 15 is 4.39 Å². The van der Waals surface area contributed by atoms with E-state index in [4.69, 9.17) is 4.74 Å². The highest BCUT2D eigenvalue weighted by atomic mass is 32.1. The van der Waals surface area contributed by atoms with Gasteiger partial charge in [0.15, 0.2) is 11.6 Å². The molecule has 0 saturated heterocycles. The molecule has 11 heteroatoms. The number of benzene rings is 2. The van der Waals surface area contributed by atoms with Gasteiger partial charge in [-0.25, -0.2) is 9.37 Å². The Balaban J connectivity index is 1.24. The molecule has 3 heterocycles. The summed E-state index contributed by atoms with van der Waals surface area (Å²) in [6.45, 7) is 1.87. The highest BCUT2D eigenvalue weighted by Crippen LogP contribution is 2.39. The van der Waals surface area contributed by atoms with Gasteiger partial charge in [-0.3, -0.25) is 14.6 Å². The highest BCUT2D eigenvalue weighted by Gasteiger charge is 2.17. The first-order valence-corrected chi connectivity index (χ1v) is 14.2. The number of carbonyl (C=O) groups is 2. The number of aromatic nitrogens is 3. The number of hydrogen-bond donors (Lipinski definition) is 1. The largest absolute Gasteiger partial charge is 0.453 e. The minimum Gasteiger partial charge on any atom is -0.453 e. The number of hydrogen-bond acceptors (Lipinski definition) is 7. The average Bonchev–Trinajstić information content (AvgIpc) is 3.62. The quantitative estimate of drug-likeness (QED) is 0.190. The van der Waals surface area contributed by atoms with E-state index in [1.54, 1.807) is 31.4 Å². The van der Waals surface area contributed by atoms with Gasteiger partial charge in [0.1, 0.15) is 12.2 Å². The van der Waals surface area contributed by atoms with E-state index in [1.807, 2.05) is 36.8 Å². The summed E-state index contributed by atoms with van der Waals surface area (Å²) in [5.41, 5.74) is 2.47. The van der Waals surface area contributed by atoms with Gasteiger partial charge >= 0.3 is 0 Å². The number of carbonyl (C=O) groups excluding carboxylic acids is 2. The van der Waals surface area contributed by atoms with Gasteiger partial charge in [-0.15, -0.1) is 11.3 Å². The Labute approximate surface area is 247 Å². The normalized spacial score (nSPS) is 11.2. The number of nitrogens with zero attached hydrogens (tertiary/aromatic N) is 5. The molecule has 5 aromatic rings. The van der Waals surface area contributed by atoms with Crippen LogP contribution in [-0.4, -0.2) is 58.9 Å². The maximum atomic E-state index is 15.0. The first-order chi connectivity index (χ1) is 20.3. The van der Waals surface area contributed by atoms with Crippen LogP contribution < -0.4 is 15.0 Å². The number of thiophene rings is 1. The third kappa shape index (κ3) is 6.99. The number of para-hydroxylation sites is 1. The molecule has 9 nitrogen and oxygen atoms in total. The molecule has 2 aromatic carbocycles. The SMILES string of the molecule is CN(C)CCCn1cnc(-c2cc3nccc(Oc4ccc(NC(=O)CC(=O)N(C)c5ccccc5)cc4F)c3s2)c1. The zero-order chi connectivity index (χ0) is 29.6. The van der Waals surface area contributed by atoms with E-state index in [2.05, 4.69) is 38.8 Å². The average molecular weight is 587 g/mol. The van der Waals surface area contributed by atoms with Gasteiger partial charge in [0.2, 0.25) is 11.8 Å². The third-order valence-electron chi connectivity index (χ3n) is 6.55. The fourth-order valence-electron chi connectivity index (χ4n) is 4.34. The number of pyridine rings is 1. The molecule has 0 spiro atoms. The number of aryl methyl sites for hydroxylation is 1. The molecule has 0 fully saturated rings. The van der Waals surface area contributed by atoms with Crippen LogP contribution in [0.25, 0.3) is 20.8 Å². The molecule has 1 N–H and O–H groups in total. The zero-order valence-electron chi connectivity index (χ0n) is 23.6. The molecule has 0 bridgehead atoms. The molecule has 2 amide bonds. The second-order valence-corrected chi connectivity index (χ2v) is 11.1. The molecular weight excluding hydrogens is 555 g/mol. The Hall–Kier alpha value is -4.61. The van der Waals surface area contributed by atoms with E-state index < -0.39 is 11.7 Å². The Kier molecular flexibility index (Phi) is 8.89. The number of rotatable bonds is 11. The van der Waals surface area contributed by atoms with Crippen molar-refractivity contribution >= 4 is 44.7 Å². The van der Waals surface area contributed by atoms with Crippen molar-refractivity contribution in [3.05, 3.63) is 85.2 Å². The fourth-order valence-corrected chi connectivity index (χ4v) is 5.36. The smallest absolute Gasteiger partial charge is 0.236 e. The van der Waals surface area contributed by atoms with E-state index in [0.717, 1.165) is 40.3 Å². The fraction of sp³-hybridized carbons (Fsp3) is 0.226. The molecule has 3 aromatic heterocycles. The molecule has 0 aliphatic rings. The molecule has 0 radical (unpaired) electrons. The Morgan fingerprint density at radius 2 is 1.83 bits per heavy atom. The lowest BCUT2D eigenvalue weighted by atomic mass is 10.2. The summed E-state index contributed by atoms with van der Waals surface area (Å²) in [7, 11) is 5.71. The monoisotopic (exact) mass is 586 g/mol. The minimum atomic E-state index is -0.654. The lowest BCUT2D eigenvalue weighted by molar-refractivity contribution is -0.125. The van der Waals surface area contributed by atoms with Crippen molar-refractivity contribution in [2.24, 2.45) is 0 Å². The first kappa shape index (κ1) is 28.9. The summed E-state index contributed by atoms with van der Waals surface area (Å²) in [5, 5.41) is 2.58. The predicted octanol–water partition coefficient (Wildman–Crippen LogP) is 6.03. The van der Waals surface area contributed by atoms with Crippen molar-refractivity contribution in [2.45, 2.75) is 19.4 Å². The van der Waals surface area contributed by atoms with Crippen LogP contribution in [0.1, 0.15) is 12.8 Å². The van der Waals surface area contributed by atoms with Gasteiger partial charge in [-0.05, 0) is 57.4 Å². The van der Waals surface area contributed by atoms with Crippen molar-refractivity contribution in [1.82, 2.24) is 19.4 Å². The van der Waals surface area contributed by atoms with Gasteiger partial charge in [-0.2, -0.15) is 0 Å². The van der Waals surface area contributed by atoms with Crippen LogP contribution in [0.4, 0.5) is 15.8 Å². The van der Waals surface area contributed by atoms with Gasteiger partial charge in [0.05, 0.1) is 27.1 Å². The van der Waals surface area contributed by atoms with Crippen LogP contribution in [0, 0.1) is 5.82 Å². The van der Waals surface area contributed by atoms with Gasteiger partial charge in [0.25, 0.3) is 0 Å². The molecular formula is C31H31FN6O3S. The minimum absolute atomic E-state index is 0.000469. The summed E-state index contributed by atoms with van der Waals surface area (Å²) in [6, 6.07) is 16.8. The van der Waals surface area contributed by atoms with E-state index in [0.29, 0.717) is 11.4 Å². The third-order valence-corrected chi connectivity index (χ3v) is 7.71. The number of imidazole rings is 1. The maximum absolute atomic E-state index is 15.0. The molecule has 42 heavy (non-hydrogen) atoms. The summed E-state index contributed by atoms with van der Waals surface area (Å²) < 4.78 is 23.8. The van der Waals surface area contributed by atoms with Crippen molar-refractivity contribution in [2.75, 3.05) is 37.9 Å². The Morgan fingerprint density at radius 1 is 1.02 bits per heavy atom. The zero-order valence-corrected chi connectivity index (χ0v) is 24.4. The second-order valence-electron chi connectivity index (χ2n) is 10.0. The lowest BCUT2D eigenvalue weighted by Gasteiger charge is -2.17. The number of nitrogens with one attached hydrogen (secondary N) is 1. The summed E-state index contributed by atoms with van der Waals surface area (Å²) in [4.78, 5) is 38.5. The van der Waals surface area contributed by atoms with E-state index in [1.165, 1.54) is 34.4 Å². The number of halogens is 1. The van der Waals surface area contributed by atoms with Crippen molar-refractivity contribution < 1.29 is 18.7 Å². The standard InChI is InChI=1S/C31H31FN6O3S/c1-36(2)14-7-15-38-19-25(34-20-38)28-17-24-31(42-28)27(12-13-33-24)41-26-11-10-21(16-23(26)32)35-29(39)18-30(40)37(3)22-8-5-4-6-9-22/h4-6,8-13,16-17,19-20H,7,14-15,18H2,1-3H3,(H,35,39). The van der Waals surface area contributed by atoms with E-state index in [9.17, 15) is 9.59 Å². The second kappa shape index (κ2) is 12.9. The number of fused-ring (bicyclic) bond motifs is 1. The summed E-state index contributed by atoms with van der Waals surface area (Å²) in [6.07, 6.45) is 6.10. The molecule has 0 atom stereocenters. The number of amides is 2. The topological polar surface area (TPSA) is 92.6 Å². The van der Waals surface area contributed by atoms with Crippen LogP contribution in [0.5, 0.6) is 11.5 Å². The van der Waals surface area contributed by atoms with Crippen LogP contribution in [0.3, 0.4) is 0 Å². The van der Waals surface area contributed by atoms with Crippen molar-refractivity contribution in [3.63, 3.8) is 0 Å². The highest BCUT2D eigenvalue weighted by molar-refractivity contribution is 7.22. The number of anilines is 2. The van der Waals surface area contributed by atoms with E-state index in [-0.39, 0.29) is 23.8 Å². The molecule has 0 saturated carbocycles. The Morgan fingerprint density at radius 3 is 2.60 bits per heavy atom. The summed E-state index contributed by atoms with van der Waals surface area (Å²) in [5.74, 6) is -1.11. The molecule has 0 aliphatic heterocycles. The molecule has 0 aliphatic carbocycles. The van der Waals surface area contributed by atoms with Gasteiger partial charge < -0.3 is 24.4 Å².